The molecule has 0 spiro atoms. The normalized spacial score (nSPS) is 25.6. The van der Waals surface area contributed by atoms with E-state index in [1.807, 2.05) is 18.2 Å². The van der Waals surface area contributed by atoms with Gasteiger partial charge in [-0.2, -0.15) is 0 Å². The van der Waals surface area contributed by atoms with E-state index < -0.39 is 0 Å². The summed E-state index contributed by atoms with van der Waals surface area (Å²) < 4.78 is 6.03. The van der Waals surface area contributed by atoms with E-state index in [0.29, 0.717) is 31.2 Å². The predicted molar refractivity (Wildman–Crippen MR) is 100 cm³/mol. The molecule has 1 aliphatic heterocycles. The number of rotatable bonds is 6. The van der Waals surface area contributed by atoms with Crippen molar-refractivity contribution in [3.05, 3.63) is 35.9 Å². The molecule has 3 rings (SSSR count). The first-order chi connectivity index (χ1) is 12.2. The second kappa shape index (κ2) is 9.35. The van der Waals surface area contributed by atoms with Crippen LogP contribution in [0.5, 0.6) is 0 Å². The van der Waals surface area contributed by atoms with Gasteiger partial charge < -0.3 is 10.1 Å². The zero-order valence-corrected chi connectivity index (χ0v) is 15.5. The number of hydrogen-bond donors (Lipinski definition) is 1. The van der Waals surface area contributed by atoms with Crippen LogP contribution in [0, 0.1) is 5.92 Å². The Bertz CT molecular complexity index is 526. The van der Waals surface area contributed by atoms with E-state index in [9.17, 15) is 4.79 Å². The van der Waals surface area contributed by atoms with Gasteiger partial charge in [0.1, 0.15) is 0 Å². The van der Waals surface area contributed by atoms with Crippen LogP contribution < -0.4 is 5.32 Å². The Balaban J connectivity index is 1.34. The fraction of sp³-hybridized carbons (Fsp3) is 0.667. The monoisotopic (exact) mass is 344 g/mol. The lowest BCUT2D eigenvalue weighted by Gasteiger charge is -2.33. The van der Waals surface area contributed by atoms with Crippen molar-refractivity contribution in [1.29, 1.82) is 0 Å². The van der Waals surface area contributed by atoms with Gasteiger partial charge in [0.15, 0.2) is 0 Å². The summed E-state index contributed by atoms with van der Waals surface area (Å²) in [5.41, 5.74) is 1.23. The number of nitrogens with one attached hydrogen (secondary N) is 1. The molecule has 1 heterocycles. The first-order valence-electron chi connectivity index (χ1n) is 9.88. The van der Waals surface area contributed by atoms with Gasteiger partial charge in [-0.05, 0) is 37.2 Å². The lowest BCUT2D eigenvalue weighted by molar-refractivity contribution is -0.124. The minimum atomic E-state index is 0.197. The molecule has 4 nitrogen and oxygen atoms in total. The van der Waals surface area contributed by atoms with Crippen molar-refractivity contribution >= 4 is 5.91 Å². The Morgan fingerprint density at radius 1 is 1.12 bits per heavy atom. The first-order valence-corrected chi connectivity index (χ1v) is 9.88. The van der Waals surface area contributed by atoms with Crippen molar-refractivity contribution in [2.24, 2.45) is 5.92 Å². The van der Waals surface area contributed by atoms with Gasteiger partial charge in [-0.3, -0.25) is 9.69 Å². The molecule has 2 aliphatic rings. The fourth-order valence-corrected chi connectivity index (χ4v) is 4.01. The van der Waals surface area contributed by atoms with Crippen molar-refractivity contribution in [3.8, 4) is 0 Å². The molecule has 25 heavy (non-hydrogen) atoms. The molecule has 0 aromatic heterocycles. The maximum atomic E-state index is 12.3. The maximum absolute atomic E-state index is 12.3. The number of benzene rings is 1. The van der Waals surface area contributed by atoms with E-state index in [4.69, 9.17) is 4.74 Å². The van der Waals surface area contributed by atoms with E-state index >= 15 is 0 Å². The van der Waals surface area contributed by atoms with Gasteiger partial charge in [0.25, 0.3) is 0 Å². The molecule has 2 fully saturated rings. The number of likely N-dealkylation sites (tertiary alicyclic amines) is 1. The molecule has 1 amide bonds. The van der Waals surface area contributed by atoms with Crippen molar-refractivity contribution < 1.29 is 9.53 Å². The van der Waals surface area contributed by atoms with Gasteiger partial charge in [0.2, 0.25) is 5.91 Å². The third-order valence-electron chi connectivity index (χ3n) is 5.69. The lowest BCUT2D eigenvalue weighted by atomic mass is 9.86. The van der Waals surface area contributed by atoms with Gasteiger partial charge >= 0.3 is 0 Å². The Morgan fingerprint density at radius 3 is 2.56 bits per heavy atom. The molecule has 2 atom stereocenters. The highest BCUT2D eigenvalue weighted by atomic mass is 16.5. The van der Waals surface area contributed by atoms with Crippen LogP contribution in [-0.4, -0.2) is 42.6 Å². The van der Waals surface area contributed by atoms with Gasteiger partial charge in [0.05, 0.1) is 19.3 Å². The molecule has 1 aromatic carbocycles. The van der Waals surface area contributed by atoms with Crippen LogP contribution in [0.15, 0.2) is 30.3 Å². The molecule has 1 saturated heterocycles. The largest absolute Gasteiger partial charge is 0.373 e. The van der Waals surface area contributed by atoms with Crippen LogP contribution in [-0.2, 0) is 16.1 Å². The molecule has 0 unspecified atom stereocenters. The third kappa shape index (κ3) is 5.82. The van der Waals surface area contributed by atoms with Crippen molar-refractivity contribution in [2.75, 3.05) is 19.6 Å². The minimum absolute atomic E-state index is 0.197. The lowest BCUT2D eigenvalue weighted by Crippen LogP contribution is -2.47. The van der Waals surface area contributed by atoms with Crippen molar-refractivity contribution in [2.45, 2.75) is 64.2 Å². The van der Waals surface area contributed by atoms with Crippen molar-refractivity contribution in [3.63, 3.8) is 0 Å². The summed E-state index contributed by atoms with van der Waals surface area (Å²) in [4.78, 5) is 14.6. The van der Waals surface area contributed by atoms with Gasteiger partial charge in [-0.15, -0.1) is 0 Å². The van der Waals surface area contributed by atoms with E-state index in [1.165, 1.54) is 24.8 Å². The SMILES string of the molecule is C[C@@H]1CCCC[C@@H]1NC(=O)CN1CCC(OCc2ccccc2)CC1. The number of piperidine rings is 1. The van der Waals surface area contributed by atoms with Gasteiger partial charge in [0, 0.05) is 19.1 Å². The van der Waals surface area contributed by atoms with Crippen LogP contribution in [0.4, 0.5) is 0 Å². The van der Waals surface area contributed by atoms with Gasteiger partial charge in [-0.25, -0.2) is 0 Å². The van der Waals surface area contributed by atoms with E-state index in [1.54, 1.807) is 0 Å². The molecule has 1 N–H and O–H groups in total. The van der Waals surface area contributed by atoms with E-state index in [-0.39, 0.29) is 5.91 Å². The molecule has 1 aliphatic carbocycles. The van der Waals surface area contributed by atoms with Crippen LogP contribution in [0.25, 0.3) is 0 Å². The fourth-order valence-electron chi connectivity index (χ4n) is 4.01. The summed E-state index contributed by atoms with van der Waals surface area (Å²) in [5.74, 6) is 0.817. The summed E-state index contributed by atoms with van der Waals surface area (Å²) >= 11 is 0. The molecule has 138 valence electrons. The Kier molecular flexibility index (Phi) is 6.88. The highest BCUT2D eigenvalue weighted by molar-refractivity contribution is 5.78. The smallest absolute Gasteiger partial charge is 0.234 e. The standard InChI is InChI=1S/C21H32N2O2/c1-17-7-5-6-10-20(17)22-21(24)15-23-13-11-19(12-14-23)25-16-18-8-3-2-4-9-18/h2-4,8-9,17,19-20H,5-7,10-16H2,1H3,(H,22,24)/t17-,20+/m1/s1. The van der Waals surface area contributed by atoms with Crippen molar-refractivity contribution in [1.82, 2.24) is 10.2 Å². The second-order valence-electron chi connectivity index (χ2n) is 7.71. The van der Waals surface area contributed by atoms with Crippen LogP contribution in [0.2, 0.25) is 0 Å². The molecule has 0 radical (unpaired) electrons. The van der Waals surface area contributed by atoms with E-state index in [2.05, 4.69) is 29.3 Å². The highest BCUT2D eigenvalue weighted by Gasteiger charge is 2.25. The summed E-state index contributed by atoms with van der Waals surface area (Å²) in [6.07, 6.45) is 7.29. The zero-order valence-electron chi connectivity index (χ0n) is 15.5. The minimum Gasteiger partial charge on any atom is -0.373 e. The highest BCUT2D eigenvalue weighted by Crippen LogP contribution is 2.23. The number of carbonyl (C=O) groups excluding carboxylic acids is 1. The molecule has 4 heteroatoms. The molecule has 1 aromatic rings. The molecule has 0 bridgehead atoms. The summed E-state index contributed by atoms with van der Waals surface area (Å²) in [6.45, 7) is 5.39. The van der Waals surface area contributed by atoms with Crippen LogP contribution in [0.1, 0.15) is 51.0 Å². The Morgan fingerprint density at radius 2 is 1.84 bits per heavy atom. The first kappa shape index (κ1) is 18.4. The summed E-state index contributed by atoms with van der Waals surface area (Å²) in [5, 5.41) is 3.26. The molecular weight excluding hydrogens is 312 g/mol. The predicted octanol–water partition coefficient (Wildman–Crippen LogP) is 3.36. The average molecular weight is 344 g/mol. The van der Waals surface area contributed by atoms with E-state index in [0.717, 1.165) is 32.4 Å². The molecular formula is C21H32N2O2. The van der Waals surface area contributed by atoms with Gasteiger partial charge in [-0.1, -0.05) is 50.1 Å². The topological polar surface area (TPSA) is 41.6 Å². The Hall–Kier alpha value is -1.39. The quantitative estimate of drug-likeness (QED) is 0.860. The van der Waals surface area contributed by atoms with Crippen LogP contribution in [0.3, 0.4) is 0 Å². The molecule has 1 saturated carbocycles. The Labute approximate surface area is 151 Å². The number of ether oxygens (including phenoxy) is 1. The summed E-state index contributed by atoms with van der Waals surface area (Å²) in [6, 6.07) is 10.7. The number of nitrogens with zero attached hydrogens (tertiary/aromatic N) is 1. The van der Waals surface area contributed by atoms with Crippen LogP contribution >= 0.6 is 0 Å². The number of amides is 1. The maximum Gasteiger partial charge on any atom is 0.234 e. The average Bonchev–Trinajstić information content (AvgIpc) is 2.64. The number of hydrogen-bond acceptors (Lipinski definition) is 3. The third-order valence-corrected chi connectivity index (χ3v) is 5.69. The summed E-state index contributed by atoms with van der Waals surface area (Å²) in [7, 11) is 0. The second-order valence-corrected chi connectivity index (χ2v) is 7.71. The number of carbonyl (C=O) groups is 1. The zero-order chi connectivity index (χ0) is 17.5.